The van der Waals surface area contributed by atoms with Crippen LogP contribution in [0.1, 0.15) is 32.8 Å². The van der Waals surface area contributed by atoms with Gasteiger partial charge < -0.3 is 14.7 Å². The molecular formula is C25H34N2O5S. The van der Waals surface area contributed by atoms with Crippen LogP contribution < -0.4 is 4.74 Å². The maximum absolute atomic E-state index is 13.6. The topological polar surface area (TPSA) is 87.2 Å². The van der Waals surface area contributed by atoms with Gasteiger partial charge in [0.15, 0.2) is 0 Å². The molecule has 1 heterocycles. The Labute approximate surface area is 197 Å². The molecule has 0 saturated heterocycles. The van der Waals surface area contributed by atoms with E-state index in [1.54, 1.807) is 37.1 Å². The number of hydrogen-bond acceptors (Lipinski definition) is 5. The van der Waals surface area contributed by atoms with Crippen molar-refractivity contribution in [1.82, 2.24) is 9.21 Å². The van der Waals surface area contributed by atoms with E-state index in [4.69, 9.17) is 4.74 Å². The number of aryl methyl sites for hydroxylation is 1. The van der Waals surface area contributed by atoms with Crippen molar-refractivity contribution >= 4 is 15.9 Å². The van der Waals surface area contributed by atoms with Crippen molar-refractivity contribution < 1.29 is 23.1 Å². The van der Waals surface area contributed by atoms with E-state index in [1.165, 1.54) is 4.31 Å². The molecule has 33 heavy (non-hydrogen) atoms. The van der Waals surface area contributed by atoms with Gasteiger partial charge in [0.1, 0.15) is 16.7 Å². The molecule has 1 aliphatic heterocycles. The van der Waals surface area contributed by atoms with Crippen LogP contribution in [0.2, 0.25) is 0 Å². The summed E-state index contributed by atoms with van der Waals surface area (Å²) in [6.45, 7) is 7.65. The number of amides is 1. The molecule has 0 aliphatic carbocycles. The van der Waals surface area contributed by atoms with Gasteiger partial charge in [-0.3, -0.25) is 4.79 Å². The summed E-state index contributed by atoms with van der Waals surface area (Å²) >= 11 is 0. The number of nitrogens with zero attached hydrogens (tertiary/aromatic N) is 2. The third-order valence-electron chi connectivity index (χ3n) is 6.31. The summed E-state index contributed by atoms with van der Waals surface area (Å²) in [5.41, 5.74) is 2.92. The monoisotopic (exact) mass is 474 g/mol. The van der Waals surface area contributed by atoms with Gasteiger partial charge >= 0.3 is 0 Å². The Balaban J connectivity index is 2.14. The lowest BCUT2D eigenvalue weighted by molar-refractivity contribution is -0.131. The van der Waals surface area contributed by atoms with Crippen molar-refractivity contribution in [3.63, 3.8) is 0 Å². The van der Waals surface area contributed by atoms with Crippen molar-refractivity contribution in [2.24, 2.45) is 5.92 Å². The second-order valence-corrected chi connectivity index (χ2v) is 10.7. The molecule has 0 saturated carbocycles. The van der Waals surface area contributed by atoms with Gasteiger partial charge in [-0.25, -0.2) is 8.42 Å². The number of sulfonamides is 1. The molecular weight excluding hydrogens is 440 g/mol. The zero-order chi connectivity index (χ0) is 24.3. The van der Waals surface area contributed by atoms with Gasteiger partial charge in [-0.2, -0.15) is 4.31 Å². The Morgan fingerprint density at radius 2 is 1.97 bits per heavy atom. The van der Waals surface area contributed by atoms with Crippen LogP contribution in [0.25, 0.3) is 11.1 Å². The number of likely N-dealkylation sites (N-methyl/N-ethyl adjacent to an activating group) is 1. The largest absolute Gasteiger partial charge is 0.487 e. The third kappa shape index (κ3) is 5.23. The summed E-state index contributed by atoms with van der Waals surface area (Å²) in [5.74, 6) is 0.0471. The van der Waals surface area contributed by atoms with E-state index in [2.05, 4.69) is 0 Å². The van der Waals surface area contributed by atoms with Crippen LogP contribution in [0.4, 0.5) is 0 Å². The fourth-order valence-corrected chi connectivity index (χ4v) is 5.98. The van der Waals surface area contributed by atoms with Crippen LogP contribution >= 0.6 is 0 Å². The highest BCUT2D eigenvalue weighted by molar-refractivity contribution is 7.89. The summed E-state index contributed by atoms with van der Waals surface area (Å²) in [4.78, 5) is 13.9. The second kappa shape index (κ2) is 10.2. The smallest absolute Gasteiger partial charge is 0.247 e. The Morgan fingerprint density at radius 1 is 1.27 bits per heavy atom. The number of fused-ring (bicyclic) bond motifs is 1. The number of hydrogen-bond donors (Lipinski definition) is 1. The number of rotatable bonds is 6. The minimum atomic E-state index is -3.90. The van der Waals surface area contributed by atoms with Gasteiger partial charge in [0, 0.05) is 32.0 Å². The maximum atomic E-state index is 13.6. The summed E-state index contributed by atoms with van der Waals surface area (Å²) in [7, 11) is -2.17. The van der Waals surface area contributed by atoms with E-state index in [9.17, 15) is 18.3 Å². The fraction of sp³-hybridized carbons (Fsp3) is 0.480. The van der Waals surface area contributed by atoms with Crippen molar-refractivity contribution in [2.75, 3.05) is 26.7 Å². The minimum absolute atomic E-state index is 0.00468. The SMILES string of the molecule is CCC(=O)N(C)C[C@H]1Oc2cc(-c3ccccc3C)ccc2S(=O)(=O)N([C@H](C)CO)C[C@H]1C. The molecule has 1 aliphatic rings. The molecule has 0 radical (unpaired) electrons. The second-order valence-electron chi connectivity index (χ2n) is 8.84. The number of carbonyl (C=O) groups is 1. The van der Waals surface area contributed by atoms with E-state index < -0.39 is 22.2 Å². The van der Waals surface area contributed by atoms with Gasteiger partial charge in [-0.1, -0.05) is 44.2 Å². The average molecular weight is 475 g/mol. The lowest BCUT2D eigenvalue weighted by atomic mass is 10.00. The normalized spacial score (nSPS) is 21.3. The first-order valence-electron chi connectivity index (χ1n) is 11.3. The van der Waals surface area contributed by atoms with Crippen LogP contribution in [0, 0.1) is 12.8 Å². The molecule has 1 N–H and O–H groups in total. The van der Waals surface area contributed by atoms with Crippen LogP contribution in [-0.4, -0.2) is 67.5 Å². The van der Waals surface area contributed by atoms with Gasteiger partial charge in [-0.05, 0) is 42.7 Å². The van der Waals surface area contributed by atoms with E-state index >= 15 is 0 Å². The molecule has 2 aromatic carbocycles. The summed E-state index contributed by atoms with van der Waals surface area (Å²) < 4.78 is 34.9. The molecule has 3 rings (SSSR count). The van der Waals surface area contributed by atoms with Crippen molar-refractivity contribution in [1.29, 1.82) is 0 Å². The molecule has 180 valence electrons. The molecule has 0 spiro atoms. The minimum Gasteiger partial charge on any atom is -0.487 e. The molecule has 8 heteroatoms. The van der Waals surface area contributed by atoms with Crippen LogP contribution in [0.15, 0.2) is 47.4 Å². The number of aliphatic hydroxyl groups excluding tert-OH is 1. The molecule has 3 atom stereocenters. The highest BCUT2D eigenvalue weighted by Crippen LogP contribution is 2.37. The number of benzene rings is 2. The third-order valence-corrected chi connectivity index (χ3v) is 8.32. The Hall–Kier alpha value is -2.42. The lowest BCUT2D eigenvalue weighted by Crippen LogP contribution is -2.50. The standard InChI is InChI=1S/C25H34N2O5S/c1-6-25(29)26(5)15-23-18(3)14-27(19(4)16-28)33(30,31)24-12-11-20(13-22(24)32-23)21-10-8-7-9-17(21)2/h7-13,18-19,23,28H,6,14-16H2,1-5H3/t18-,19-,23-/m1/s1. The van der Waals surface area contributed by atoms with E-state index in [0.29, 0.717) is 13.0 Å². The average Bonchev–Trinajstić information content (AvgIpc) is 2.80. The van der Waals surface area contributed by atoms with Crippen molar-refractivity contribution in [2.45, 2.75) is 51.2 Å². The zero-order valence-electron chi connectivity index (χ0n) is 20.0. The maximum Gasteiger partial charge on any atom is 0.247 e. The van der Waals surface area contributed by atoms with Gasteiger partial charge in [0.25, 0.3) is 0 Å². The van der Waals surface area contributed by atoms with E-state index in [-0.39, 0.29) is 35.6 Å². The molecule has 0 aromatic heterocycles. The molecule has 2 aromatic rings. The number of ether oxygens (including phenoxy) is 1. The van der Waals surface area contributed by atoms with Gasteiger partial charge in [0.05, 0.1) is 13.2 Å². The number of aliphatic hydroxyl groups is 1. The van der Waals surface area contributed by atoms with Gasteiger partial charge in [-0.15, -0.1) is 0 Å². The van der Waals surface area contributed by atoms with Crippen LogP contribution in [0.5, 0.6) is 5.75 Å². The Morgan fingerprint density at radius 3 is 2.61 bits per heavy atom. The first-order chi connectivity index (χ1) is 15.6. The van der Waals surface area contributed by atoms with E-state index in [0.717, 1.165) is 16.7 Å². The first kappa shape index (κ1) is 25.2. The molecule has 7 nitrogen and oxygen atoms in total. The Bertz CT molecular complexity index is 1100. The highest BCUT2D eigenvalue weighted by Gasteiger charge is 2.38. The zero-order valence-corrected chi connectivity index (χ0v) is 20.8. The van der Waals surface area contributed by atoms with E-state index in [1.807, 2.05) is 45.0 Å². The first-order valence-corrected chi connectivity index (χ1v) is 12.8. The predicted molar refractivity (Wildman–Crippen MR) is 129 cm³/mol. The van der Waals surface area contributed by atoms with Crippen LogP contribution in [0.3, 0.4) is 0 Å². The predicted octanol–water partition coefficient (Wildman–Crippen LogP) is 3.30. The van der Waals surface area contributed by atoms with Crippen molar-refractivity contribution in [3.05, 3.63) is 48.0 Å². The molecule has 0 unspecified atom stereocenters. The summed E-state index contributed by atoms with van der Waals surface area (Å²) in [5, 5.41) is 9.76. The molecule has 0 bridgehead atoms. The summed E-state index contributed by atoms with van der Waals surface area (Å²) in [6, 6.07) is 12.4. The van der Waals surface area contributed by atoms with Crippen molar-refractivity contribution in [3.8, 4) is 16.9 Å². The quantitative estimate of drug-likeness (QED) is 0.694. The number of carbonyl (C=O) groups excluding carboxylic acids is 1. The Kier molecular flexibility index (Phi) is 7.82. The highest BCUT2D eigenvalue weighted by atomic mass is 32.2. The molecule has 1 amide bonds. The summed E-state index contributed by atoms with van der Waals surface area (Å²) in [6.07, 6.45) is -0.0338. The van der Waals surface area contributed by atoms with Crippen LogP contribution in [-0.2, 0) is 14.8 Å². The lowest BCUT2D eigenvalue weighted by Gasteiger charge is -2.37. The molecule has 0 fully saturated rings. The van der Waals surface area contributed by atoms with Gasteiger partial charge in [0.2, 0.25) is 15.9 Å². The fourth-order valence-electron chi connectivity index (χ4n) is 4.15.